The minimum atomic E-state index is -0.651. The Bertz CT molecular complexity index is 619. The number of aliphatic hydroxyl groups is 1. The maximum Gasteiger partial charge on any atom is 0.126 e. The average Bonchev–Trinajstić information content (AvgIpc) is 2.81. The molecule has 0 saturated heterocycles. The van der Waals surface area contributed by atoms with Crippen LogP contribution in [0.4, 0.5) is 0 Å². The quantitative estimate of drug-likeness (QED) is 0.859. The van der Waals surface area contributed by atoms with Gasteiger partial charge in [0.15, 0.2) is 0 Å². The van der Waals surface area contributed by atoms with Gasteiger partial charge in [-0.25, -0.2) is 4.98 Å². The minimum absolute atomic E-state index is 0.0609. The maximum absolute atomic E-state index is 10.4. The van der Waals surface area contributed by atoms with E-state index >= 15 is 0 Å². The van der Waals surface area contributed by atoms with Crippen LogP contribution in [0.15, 0.2) is 18.2 Å². The summed E-state index contributed by atoms with van der Waals surface area (Å²) in [5.74, 6) is 0.946. The monoisotopic (exact) mass is 309 g/mol. The summed E-state index contributed by atoms with van der Waals surface area (Å²) in [5.41, 5.74) is 1.31. The third-order valence-electron chi connectivity index (χ3n) is 4.32. The fourth-order valence-electron chi connectivity index (χ4n) is 2.50. The van der Waals surface area contributed by atoms with Gasteiger partial charge >= 0.3 is 0 Å². The molecular formula is C16H24ClN3O. The SMILES string of the molecule is CCC(O)(CC)CNC(C)c1nc2ccc(Cl)cc2n1C. The van der Waals surface area contributed by atoms with Crippen molar-refractivity contribution in [2.45, 2.75) is 45.3 Å². The van der Waals surface area contributed by atoms with Crippen LogP contribution in [0.3, 0.4) is 0 Å². The highest BCUT2D eigenvalue weighted by Crippen LogP contribution is 2.23. The number of nitrogens with one attached hydrogen (secondary N) is 1. The first-order valence-corrected chi connectivity index (χ1v) is 7.85. The first-order chi connectivity index (χ1) is 9.90. The summed E-state index contributed by atoms with van der Waals surface area (Å²) in [5, 5.41) is 14.5. The molecule has 1 aromatic carbocycles. The number of rotatable bonds is 6. The van der Waals surface area contributed by atoms with E-state index in [-0.39, 0.29) is 6.04 Å². The molecule has 2 aromatic rings. The Kier molecular flexibility index (Phi) is 4.91. The number of benzene rings is 1. The van der Waals surface area contributed by atoms with E-state index in [2.05, 4.69) is 21.8 Å². The summed E-state index contributed by atoms with van der Waals surface area (Å²) in [4.78, 5) is 4.67. The Morgan fingerprint density at radius 1 is 1.38 bits per heavy atom. The third-order valence-corrected chi connectivity index (χ3v) is 4.55. The van der Waals surface area contributed by atoms with E-state index in [4.69, 9.17) is 11.6 Å². The van der Waals surface area contributed by atoms with Crippen LogP contribution in [0.25, 0.3) is 11.0 Å². The smallest absolute Gasteiger partial charge is 0.126 e. The van der Waals surface area contributed by atoms with E-state index in [1.54, 1.807) is 0 Å². The Hall–Kier alpha value is -1.10. The number of imidazole rings is 1. The average molecular weight is 310 g/mol. The van der Waals surface area contributed by atoms with Crippen molar-refractivity contribution in [3.05, 3.63) is 29.0 Å². The minimum Gasteiger partial charge on any atom is -0.389 e. The molecule has 0 aliphatic carbocycles. The molecule has 21 heavy (non-hydrogen) atoms. The summed E-state index contributed by atoms with van der Waals surface area (Å²) in [6.45, 7) is 6.64. The van der Waals surface area contributed by atoms with Gasteiger partial charge < -0.3 is 15.0 Å². The van der Waals surface area contributed by atoms with Gasteiger partial charge in [-0.1, -0.05) is 25.4 Å². The van der Waals surface area contributed by atoms with Gasteiger partial charge in [-0.15, -0.1) is 0 Å². The molecule has 4 nitrogen and oxygen atoms in total. The molecule has 116 valence electrons. The van der Waals surface area contributed by atoms with Crippen LogP contribution in [0.5, 0.6) is 0 Å². The van der Waals surface area contributed by atoms with Crippen LogP contribution >= 0.6 is 11.6 Å². The molecule has 0 amide bonds. The van der Waals surface area contributed by atoms with Gasteiger partial charge in [0.1, 0.15) is 5.82 Å². The Morgan fingerprint density at radius 2 is 2.05 bits per heavy atom. The number of hydrogen-bond acceptors (Lipinski definition) is 3. The van der Waals surface area contributed by atoms with Crippen LogP contribution in [-0.2, 0) is 7.05 Å². The fraction of sp³-hybridized carbons (Fsp3) is 0.562. The molecule has 0 saturated carbocycles. The van der Waals surface area contributed by atoms with Crippen molar-refractivity contribution in [1.82, 2.24) is 14.9 Å². The predicted molar refractivity (Wildman–Crippen MR) is 87.7 cm³/mol. The summed E-state index contributed by atoms with van der Waals surface area (Å²) >= 11 is 6.05. The van der Waals surface area contributed by atoms with Crippen LogP contribution in [0, 0.1) is 0 Å². The topological polar surface area (TPSA) is 50.1 Å². The molecule has 1 atom stereocenters. The second kappa shape index (κ2) is 6.34. The number of halogens is 1. The molecule has 5 heteroatoms. The molecule has 0 aliphatic rings. The highest BCUT2D eigenvalue weighted by Gasteiger charge is 2.24. The number of fused-ring (bicyclic) bond motifs is 1. The molecule has 0 spiro atoms. The predicted octanol–water partition coefficient (Wildman–Crippen LogP) is 3.43. The summed E-state index contributed by atoms with van der Waals surface area (Å²) < 4.78 is 2.05. The summed E-state index contributed by atoms with van der Waals surface area (Å²) in [6.07, 6.45) is 1.47. The van der Waals surface area contributed by atoms with Crippen molar-refractivity contribution in [2.75, 3.05) is 6.54 Å². The van der Waals surface area contributed by atoms with Gasteiger partial charge in [0, 0.05) is 18.6 Å². The van der Waals surface area contributed by atoms with Crippen molar-refractivity contribution < 1.29 is 5.11 Å². The van der Waals surface area contributed by atoms with E-state index in [9.17, 15) is 5.11 Å². The summed E-state index contributed by atoms with van der Waals surface area (Å²) in [7, 11) is 1.99. The zero-order chi connectivity index (χ0) is 15.6. The van der Waals surface area contributed by atoms with Crippen LogP contribution in [0.1, 0.15) is 45.5 Å². The zero-order valence-electron chi connectivity index (χ0n) is 13.2. The van der Waals surface area contributed by atoms with E-state index < -0.39 is 5.60 Å². The van der Waals surface area contributed by atoms with Gasteiger partial charge in [-0.05, 0) is 38.0 Å². The molecule has 1 unspecified atom stereocenters. The first kappa shape index (κ1) is 16.3. The van der Waals surface area contributed by atoms with Gasteiger partial charge in [0.2, 0.25) is 0 Å². The van der Waals surface area contributed by atoms with Crippen molar-refractivity contribution in [3.63, 3.8) is 0 Å². The van der Waals surface area contributed by atoms with Crippen LogP contribution in [0.2, 0.25) is 5.02 Å². The molecule has 1 aromatic heterocycles. The van der Waals surface area contributed by atoms with Gasteiger partial charge in [-0.2, -0.15) is 0 Å². The lowest BCUT2D eigenvalue weighted by atomic mass is 9.97. The highest BCUT2D eigenvalue weighted by atomic mass is 35.5. The lowest BCUT2D eigenvalue weighted by Crippen LogP contribution is -2.40. The van der Waals surface area contributed by atoms with E-state index in [1.807, 2.05) is 39.1 Å². The second-order valence-corrected chi connectivity index (χ2v) is 6.13. The van der Waals surface area contributed by atoms with Gasteiger partial charge in [0.05, 0.1) is 22.7 Å². The Labute approximate surface area is 131 Å². The summed E-state index contributed by atoms with van der Waals surface area (Å²) in [6, 6.07) is 5.77. The molecule has 2 N–H and O–H groups in total. The van der Waals surface area contributed by atoms with Crippen molar-refractivity contribution in [3.8, 4) is 0 Å². The Morgan fingerprint density at radius 3 is 2.67 bits per heavy atom. The molecule has 0 aliphatic heterocycles. The van der Waals surface area contributed by atoms with Gasteiger partial charge in [-0.3, -0.25) is 0 Å². The lowest BCUT2D eigenvalue weighted by molar-refractivity contribution is 0.0300. The van der Waals surface area contributed by atoms with Crippen molar-refractivity contribution in [1.29, 1.82) is 0 Å². The van der Waals surface area contributed by atoms with E-state index in [0.717, 1.165) is 29.7 Å². The Balaban J connectivity index is 2.20. The fourth-order valence-corrected chi connectivity index (χ4v) is 2.67. The largest absolute Gasteiger partial charge is 0.389 e. The van der Waals surface area contributed by atoms with E-state index in [0.29, 0.717) is 11.6 Å². The molecule has 0 bridgehead atoms. The molecule has 0 radical (unpaired) electrons. The number of nitrogens with zero attached hydrogens (tertiary/aromatic N) is 2. The first-order valence-electron chi connectivity index (χ1n) is 7.48. The molecule has 1 heterocycles. The van der Waals surface area contributed by atoms with E-state index in [1.165, 1.54) is 0 Å². The molecule has 0 fully saturated rings. The van der Waals surface area contributed by atoms with Crippen molar-refractivity contribution >= 4 is 22.6 Å². The van der Waals surface area contributed by atoms with Crippen molar-refractivity contribution in [2.24, 2.45) is 7.05 Å². The zero-order valence-corrected chi connectivity index (χ0v) is 13.9. The van der Waals surface area contributed by atoms with Crippen LogP contribution in [-0.4, -0.2) is 26.8 Å². The standard InChI is InChI=1S/C16H24ClN3O/c1-5-16(21,6-2)10-18-11(3)15-19-13-8-7-12(17)9-14(13)20(15)4/h7-9,11,18,21H,5-6,10H2,1-4H3. The molecule has 2 rings (SSSR count). The molecular weight excluding hydrogens is 286 g/mol. The van der Waals surface area contributed by atoms with Crippen LogP contribution < -0.4 is 5.32 Å². The highest BCUT2D eigenvalue weighted by molar-refractivity contribution is 6.31. The second-order valence-electron chi connectivity index (χ2n) is 5.70. The van der Waals surface area contributed by atoms with Gasteiger partial charge in [0.25, 0.3) is 0 Å². The number of hydrogen-bond donors (Lipinski definition) is 2. The number of aryl methyl sites for hydroxylation is 1. The lowest BCUT2D eigenvalue weighted by Gasteiger charge is -2.27. The maximum atomic E-state index is 10.4. The number of aromatic nitrogens is 2. The normalized spacial score (nSPS) is 13.8. The third kappa shape index (κ3) is 3.39.